The molecule has 21 heavy (non-hydrogen) atoms. The Morgan fingerprint density at radius 1 is 1.19 bits per heavy atom. The lowest BCUT2D eigenvalue weighted by molar-refractivity contribution is -0.145. The second-order valence-corrected chi connectivity index (χ2v) is 5.31. The van der Waals surface area contributed by atoms with Gasteiger partial charge in [0.1, 0.15) is 0 Å². The fraction of sp³-hybridized carbons (Fsp3) is 0.286. The zero-order chi connectivity index (χ0) is 15.4. The Morgan fingerprint density at radius 2 is 1.71 bits per heavy atom. The standard InChI is InChI=1S/C14H15BClNO4/c1-10(11-3-5-12(16)6-4-11)7-15-20-13(18)8-17(2)9-14(19)21-15/h3-7H,8-9H2,1-2H3/b10-7+. The van der Waals surface area contributed by atoms with Gasteiger partial charge in [0, 0.05) is 5.02 Å². The molecule has 0 aliphatic carbocycles. The average molecular weight is 308 g/mol. The lowest BCUT2D eigenvalue weighted by Crippen LogP contribution is -2.41. The Kier molecular flexibility index (Phi) is 5.04. The average Bonchev–Trinajstić information content (AvgIpc) is 2.36. The molecular formula is C14H15BClNO4. The van der Waals surface area contributed by atoms with Crippen molar-refractivity contribution in [3.05, 3.63) is 40.8 Å². The lowest BCUT2D eigenvalue weighted by Gasteiger charge is -2.21. The van der Waals surface area contributed by atoms with Gasteiger partial charge in [0.15, 0.2) is 0 Å². The molecule has 0 atom stereocenters. The number of likely N-dealkylation sites (N-methyl/N-ethyl adjacent to an activating group) is 1. The van der Waals surface area contributed by atoms with E-state index in [2.05, 4.69) is 0 Å². The van der Waals surface area contributed by atoms with Gasteiger partial charge >= 0.3 is 19.1 Å². The van der Waals surface area contributed by atoms with Crippen LogP contribution < -0.4 is 0 Å². The second-order valence-electron chi connectivity index (χ2n) is 4.88. The third-order valence-corrected chi connectivity index (χ3v) is 3.23. The van der Waals surface area contributed by atoms with E-state index in [0.29, 0.717) is 5.02 Å². The van der Waals surface area contributed by atoms with Crippen LogP contribution in [0.2, 0.25) is 5.02 Å². The summed E-state index contributed by atoms with van der Waals surface area (Å²) in [6, 6.07) is 7.21. The number of nitrogens with zero attached hydrogens (tertiary/aromatic N) is 1. The molecule has 1 aromatic rings. The summed E-state index contributed by atoms with van der Waals surface area (Å²) < 4.78 is 10.2. The molecule has 1 aromatic carbocycles. The first-order valence-corrected chi connectivity index (χ1v) is 6.83. The minimum Gasteiger partial charge on any atom is -0.495 e. The molecule has 2 rings (SSSR count). The normalized spacial score (nSPS) is 17.9. The Morgan fingerprint density at radius 3 is 2.24 bits per heavy atom. The fourth-order valence-corrected chi connectivity index (χ4v) is 2.06. The molecule has 0 radical (unpaired) electrons. The van der Waals surface area contributed by atoms with Crippen LogP contribution in [-0.4, -0.2) is 44.1 Å². The van der Waals surface area contributed by atoms with Gasteiger partial charge in [-0.3, -0.25) is 14.5 Å². The van der Waals surface area contributed by atoms with E-state index >= 15 is 0 Å². The fourth-order valence-electron chi connectivity index (χ4n) is 1.94. The molecule has 0 spiro atoms. The number of carbonyl (C=O) groups excluding carboxylic acids is 2. The molecule has 1 fully saturated rings. The van der Waals surface area contributed by atoms with E-state index in [1.165, 1.54) is 4.90 Å². The van der Waals surface area contributed by atoms with Gasteiger partial charge in [-0.05, 0) is 43.2 Å². The number of hydrogen-bond donors (Lipinski definition) is 0. The quantitative estimate of drug-likeness (QED) is 0.780. The Bertz CT molecular complexity index is 553. The third-order valence-electron chi connectivity index (χ3n) is 2.98. The SMILES string of the molecule is C/C(=C\B1OC(=O)CN(C)CC(=O)O1)c1ccc(Cl)cc1. The maximum absolute atomic E-state index is 11.6. The van der Waals surface area contributed by atoms with Crippen LogP contribution in [0.25, 0.3) is 5.57 Å². The molecule has 0 saturated carbocycles. The summed E-state index contributed by atoms with van der Waals surface area (Å²) in [5.74, 6) is 0.731. The van der Waals surface area contributed by atoms with E-state index in [9.17, 15) is 9.59 Å². The molecular weight excluding hydrogens is 292 g/mol. The van der Waals surface area contributed by atoms with Gasteiger partial charge in [-0.2, -0.15) is 0 Å². The van der Waals surface area contributed by atoms with Crippen molar-refractivity contribution >= 4 is 36.2 Å². The van der Waals surface area contributed by atoms with Crippen LogP contribution in [0.3, 0.4) is 0 Å². The highest BCUT2D eigenvalue weighted by molar-refractivity contribution is 6.56. The Hall–Kier alpha value is -1.79. The van der Waals surface area contributed by atoms with Gasteiger partial charge in [0.25, 0.3) is 0 Å². The summed E-state index contributed by atoms with van der Waals surface area (Å²) >= 11 is 5.84. The maximum atomic E-state index is 11.6. The lowest BCUT2D eigenvalue weighted by atomic mass is 9.85. The first kappa shape index (κ1) is 15.6. The van der Waals surface area contributed by atoms with E-state index in [1.54, 1.807) is 25.2 Å². The number of benzene rings is 1. The molecule has 7 heteroatoms. The molecule has 1 aliphatic heterocycles. The molecule has 110 valence electrons. The predicted molar refractivity (Wildman–Crippen MR) is 80.5 cm³/mol. The van der Waals surface area contributed by atoms with Crippen molar-refractivity contribution in [1.82, 2.24) is 4.90 Å². The summed E-state index contributed by atoms with van der Waals surface area (Å²) in [6.45, 7) is 1.95. The van der Waals surface area contributed by atoms with Gasteiger partial charge in [-0.25, -0.2) is 0 Å². The van der Waals surface area contributed by atoms with Crippen LogP contribution in [0.4, 0.5) is 0 Å². The van der Waals surface area contributed by atoms with Gasteiger partial charge in [0.2, 0.25) is 0 Å². The summed E-state index contributed by atoms with van der Waals surface area (Å²) in [7, 11) is 0.645. The number of hydrogen-bond acceptors (Lipinski definition) is 5. The third kappa shape index (κ3) is 4.61. The number of rotatable bonds is 2. The van der Waals surface area contributed by atoms with Gasteiger partial charge in [-0.15, -0.1) is 0 Å². The summed E-state index contributed by atoms with van der Waals surface area (Å²) in [6.07, 6.45) is 0. The van der Waals surface area contributed by atoms with Crippen molar-refractivity contribution in [2.45, 2.75) is 6.92 Å². The molecule has 0 aromatic heterocycles. The summed E-state index contributed by atoms with van der Waals surface area (Å²) in [5.41, 5.74) is 1.73. The smallest absolute Gasteiger partial charge is 0.495 e. The molecule has 0 unspecified atom stereocenters. The largest absolute Gasteiger partial charge is 0.629 e. The number of carbonyl (C=O) groups is 2. The highest BCUT2D eigenvalue weighted by Gasteiger charge is 2.29. The van der Waals surface area contributed by atoms with Crippen molar-refractivity contribution in [2.75, 3.05) is 20.1 Å². The molecule has 5 nitrogen and oxygen atoms in total. The van der Waals surface area contributed by atoms with Gasteiger partial charge in [0.05, 0.1) is 13.1 Å². The molecule has 0 amide bonds. The van der Waals surface area contributed by atoms with Crippen molar-refractivity contribution in [1.29, 1.82) is 0 Å². The predicted octanol–water partition coefficient (Wildman–Crippen LogP) is 1.80. The van der Waals surface area contributed by atoms with Crippen molar-refractivity contribution in [2.24, 2.45) is 0 Å². The van der Waals surface area contributed by atoms with Crippen LogP contribution in [0, 0.1) is 0 Å². The topological polar surface area (TPSA) is 55.8 Å². The van der Waals surface area contributed by atoms with Crippen molar-refractivity contribution in [3.8, 4) is 0 Å². The minimum atomic E-state index is -1.01. The van der Waals surface area contributed by atoms with Crippen LogP contribution in [0.5, 0.6) is 0 Å². The zero-order valence-electron chi connectivity index (χ0n) is 11.8. The number of halogens is 1. The Balaban J connectivity index is 2.15. The van der Waals surface area contributed by atoms with Crippen molar-refractivity contribution in [3.63, 3.8) is 0 Å². The van der Waals surface area contributed by atoms with Crippen molar-refractivity contribution < 1.29 is 18.9 Å². The maximum Gasteiger partial charge on any atom is 0.629 e. The highest BCUT2D eigenvalue weighted by Crippen LogP contribution is 2.18. The Labute approximate surface area is 128 Å². The van der Waals surface area contributed by atoms with Gasteiger partial charge in [-0.1, -0.05) is 23.7 Å². The van der Waals surface area contributed by atoms with Crippen LogP contribution in [0.1, 0.15) is 12.5 Å². The van der Waals surface area contributed by atoms with E-state index in [1.807, 2.05) is 19.1 Å². The zero-order valence-corrected chi connectivity index (χ0v) is 12.6. The van der Waals surface area contributed by atoms with Gasteiger partial charge < -0.3 is 9.31 Å². The van der Waals surface area contributed by atoms with E-state index in [0.717, 1.165) is 11.1 Å². The van der Waals surface area contributed by atoms with E-state index in [-0.39, 0.29) is 13.1 Å². The number of allylic oxidation sites excluding steroid dienone is 1. The summed E-state index contributed by atoms with van der Waals surface area (Å²) in [4.78, 5) is 24.8. The van der Waals surface area contributed by atoms with E-state index < -0.39 is 19.1 Å². The van der Waals surface area contributed by atoms with Crippen LogP contribution in [0.15, 0.2) is 30.2 Å². The first-order valence-electron chi connectivity index (χ1n) is 6.46. The first-order chi connectivity index (χ1) is 9.94. The van der Waals surface area contributed by atoms with Crippen LogP contribution >= 0.6 is 11.6 Å². The van der Waals surface area contributed by atoms with Crippen LogP contribution in [-0.2, 0) is 18.9 Å². The second kappa shape index (κ2) is 6.78. The molecule has 1 heterocycles. The molecule has 0 N–H and O–H groups in total. The monoisotopic (exact) mass is 307 g/mol. The molecule has 0 bridgehead atoms. The highest BCUT2D eigenvalue weighted by atomic mass is 35.5. The minimum absolute atomic E-state index is 0.0550. The molecule has 1 aliphatic rings. The molecule has 1 saturated heterocycles. The van der Waals surface area contributed by atoms with E-state index in [4.69, 9.17) is 20.9 Å². The summed E-state index contributed by atoms with van der Waals surface area (Å²) in [5, 5.41) is 0.637.